The van der Waals surface area contributed by atoms with E-state index in [4.69, 9.17) is 12.2 Å². The number of hydrogen-bond donors (Lipinski definition) is 1. The highest BCUT2D eigenvalue weighted by atomic mass is 14.8. The number of nitrogens with two attached hydrogens (primary N) is 1. The molecule has 11 heavy (non-hydrogen) atoms. The van der Waals surface area contributed by atoms with Crippen molar-refractivity contribution in [2.24, 2.45) is 17.1 Å². The molecule has 1 heteroatoms. The summed E-state index contributed by atoms with van der Waals surface area (Å²) < 4.78 is 0. The molecule has 0 heterocycles. The zero-order valence-corrected chi connectivity index (χ0v) is 7.65. The molecule has 0 atom stereocenters. The second kappa shape index (κ2) is 2.25. The number of terminal acetylenes is 1. The van der Waals surface area contributed by atoms with Gasteiger partial charge in [-0.3, -0.25) is 0 Å². The van der Waals surface area contributed by atoms with Gasteiger partial charge in [-0.2, -0.15) is 0 Å². The molecule has 0 aromatic carbocycles. The van der Waals surface area contributed by atoms with Crippen molar-refractivity contribution in [2.75, 3.05) is 0 Å². The predicted octanol–water partition coefficient (Wildman–Crippen LogP) is 1.77. The standard InChI is InChI=1S/C10H17N/c1-5-10(11)6-8(7-10)9(2,3)4/h1,8H,6-7,11H2,2-4H3. The van der Waals surface area contributed by atoms with Crippen LogP contribution in [0.5, 0.6) is 0 Å². The maximum atomic E-state index is 5.85. The highest BCUT2D eigenvalue weighted by Gasteiger charge is 2.44. The van der Waals surface area contributed by atoms with Crippen molar-refractivity contribution in [3.05, 3.63) is 0 Å². The molecular formula is C10H17N. The molecule has 62 valence electrons. The third-order valence-corrected chi connectivity index (χ3v) is 2.73. The lowest BCUT2D eigenvalue weighted by Crippen LogP contribution is -2.54. The molecule has 0 aromatic heterocycles. The van der Waals surface area contributed by atoms with Crippen LogP contribution in [-0.4, -0.2) is 5.54 Å². The molecule has 0 aromatic rings. The zero-order valence-electron chi connectivity index (χ0n) is 7.65. The third kappa shape index (κ3) is 1.57. The highest BCUT2D eigenvalue weighted by molar-refractivity contribution is 5.19. The van der Waals surface area contributed by atoms with E-state index in [0.717, 1.165) is 12.8 Å². The van der Waals surface area contributed by atoms with Gasteiger partial charge in [-0.05, 0) is 24.2 Å². The van der Waals surface area contributed by atoms with E-state index >= 15 is 0 Å². The van der Waals surface area contributed by atoms with Gasteiger partial charge in [-0.15, -0.1) is 6.42 Å². The van der Waals surface area contributed by atoms with Gasteiger partial charge in [-0.1, -0.05) is 26.7 Å². The summed E-state index contributed by atoms with van der Waals surface area (Å²) in [5.41, 5.74) is 5.95. The van der Waals surface area contributed by atoms with Crippen LogP contribution in [0.2, 0.25) is 0 Å². The molecular weight excluding hydrogens is 134 g/mol. The fraction of sp³-hybridized carbons (Fsp3) is 0.800. The minimum atomic E-state index is -0.280. The van der Waals surface area contributed by atoms with Crippen LogP contribution >= 0.6 is 0 Å². The quantitative estimate of drug-likeness (QED) is 0.525. The Balaban J connectivity index is 2.49. The molecule has 1 fully saturated rings. The van der Waals surface area contributed by atoms with E-state index < -0.39 is 0 Å². The first-order valence-electron chi connectivity index (χ1n) is 4.14. The van der Waals surface area contributed by atoms with Crippen LogP contribution in [0.15, 0.2) is 0 Å². The lowest BCUT2D eigenvalue weighted by atomic mass is 9.60. The van der Waals surface area contributed by atoms with E-state index in [9.17, 15) is 0 Å². The molecule has 0 spiro atoms. The topological polar surface area (TPSA) is 26.0 Å². The first-order chi connectivity index (χ1) is 4.87. The Kier molecular flexibility index (Phi) is 1.76. The van der Waals surface area contributed by atoms with Crippen molar-refractivity contribution in [2.45, 2.75) is 39.2 Å². The molecule has 1 rings (SSSR count). The largest absolute Gasteiger partial charge is 0.315 e. The van der Waals surface area contributed by atoms with Crippen molar-refractivity contribution in [1.29, 1.82) is 0 Å². The van der Waals surface area contributed by atoms with Gasteiger partial charge >= 0.3 is 0 Å². The van der Waals surface area contributed by atoms with Gasteiger partial charge < -0.3 is 5.73 Å². The summed E-state index contributed by atoms with van der Waals surface area (Å²) >= 11 is 0. The smallest absolute Gasteiger partial charge is 0.0779 e. The molecule has 0 bridgehead atoms. The summed E-state index contributed by atoms with van der Waals surface area (Å²) in [6.45, 7) is 6.73. The lowest BCUT2D eigenvalue weighted by Gasteiger charge is -2.47. The average molecular weight is 151 g/mol. The maximum absolute atomic E-state index is 5.85. The van der Waals surface area contributed by atoms with Crippen LogP contribution in [0.3, 0.4) is 0 Å². The van der Waals surface area contributed by atoms with E-state index in [0.29, 0.717) is 11.3 Å². The van der Waals surface area contributed by atoms with E-state index in [1.54, 1.807) is 0 Å². The summed E-state index contributed by atoms with van der Waals surface area (Å²) in [7, 11) is 0. The summed E-state index contributed by atoms with van der Waals surface area (Å²) in [6, 6.07) is 0. The Bertz CT molecular complexity index is 186. The van der Waals surface area contributed by atoms with Crippen LogP contribution in [0, 0.1) is 23.7 Å². The van der Waals surface area contributed by atoms with Gasteiger partial charge in [0.2, 0.25) is 0 Å². The average Bonchev–Trinajstić information content (AvgIpc) is 1.78. The van der Waals surface area contributed by atoms with Crippen LogP contribution in [0.4, 0.5) is 0 Å². The maximum Gasteiger partial charge on any atom is 0.0779 e. The molecule has 0 aliphatic heterocycles. The van der Waals surface area contributed by atoms with Gasteiger partial charge in [0.25, 0.3) is 0 Å². The Labute approximate surface area is 69.4 Å². The Morgan fingerprint density at radius 3 is 2.18 bits per heavy atom. The van der Waals surface area contributed by atoms with E-state index in [2.05, 4.69) is 26.7 Å². The first-order valence-corrected chi connectivity index (χ1v) is 4.14. The number of rotatable bonds is 0. The predicted molar refractivity (Wildman–Crippen MR) is 47.9 cm³/mol. The Morgan fingerprint density at radius 1 is 1.45 bits per heavy atom. The van der Waals surface area contributed by atoms with Crippen molar-refractivity contribution >= 4 is 0 Å². The Morgan fingerprint density at radius 2 is 1.91 bits per heavy atom. The van der Waals surface area contributed by atoms with Crippen LogP contribution in [0.1, 0.15) is 33.6 Å². The van der Waals surface area contributed by atoms with Gasteiger partial charge in [0.05, 0.1) is 5.54 Å². The fourth-order valence-electron chi connectivity index (χ4n) is 1.55. The number of hydrogen-bond acceptors (Lipinski definition) is 1. The normalized spacial score (nSPS) is 37.5. The molecule has 1 saturated carbocycles. The third-order valence-electron chi connectivity index (χ3n) is 2.73. The summed E-state index contributed by atoms with van der Waals surface area (Å²) in [5.74, 6) is 3.37. The van der Waals surface area contributed by atoms with E-state index in [1.165, 1.54) is 0 Å². The molecule has 0 radical (unpaired) electrons. The molecule has 0 unspecified atom stereocenters. The zero-order chi connectivity index (χ0) is 8.70. The minimum Gasteiger partial charge on any atom is -0.315 e. The molecule has 0 saturated heterocycles. The SMILES string of the molecule is C#CC1(N)CC(C(C)(C)C)C1. The summed E-state index contributed by atoms with van der Waals surface area (Å²) in [6.07, 6.45) is 7.28. The summed E-state index contributed by atoms with van der Waals surface area (Å²) in [4.78, 5) is 0. The van der Waals surface area contributed by atoms with E-state index in [1.807, 2.05) is 0 Å². The lowest BCUT2D eigenvalue weighted by molar-refractivity contribution is 0.0840. The van der Waals surface area contributed by atoms with Gasteiger partial charge in [-0.25, -0.2) is 0 Å². The fourth-order valence-corrected chi connectivity index (χ4v) is 1.55. The van der Waals surface area contributed by atoms with Crippen molar-refractivity contribution in [3.63, 3.8) is 0 Å². The second-order valence-electron chi connectivity index (χ2n) is 4.77. The van der Waals surface area contributed by atoms with E-state index in [-0.39, 0.29) is 5.54 Å². The van der Waals surface area contributed by atoms with Crippen LogP contribution in [-0.2, 0) is 0 Å². The molecule has 2 N–H and O–H groups in total. The van der Waals surface area contributed by atoms with Gasteiger partial charge in [0.1, 0.15) is 0 Å². The highest BCUT2D eigenvalue weighted by Crippen LogP contribution is 2.45. The second-order valence-corrected chi connectivity index (χ2v) is 4.77. The monoisotopic (exact) mass is 151 g/mol. The first kappa shape index (κ1) is 8.62. The van der Waals surface area contributed by atoms with Crippen molar-refractivity contribution in [3.8, 4) is 12.3 Å². The van der Waals surface area contributed by atoms with Crippen molar-refractivity contribution in [1.82, 2.24) is 0 Å². The van der Waals surface area contributed by atoms with Crippen LogP contribution in [0.25, 0.3) is 0 Å². The molecule has 1 aliphatic carbocycles. The minimum absolute atomic E-state index is 0.280. The van der Waals surface area contributed by atoms with Crippen molar-refractivity contribution < 1.29 is 0 Å². The molecule has 0 amide bonds. The molecule has 1 nitrogen and oxygen atoms in total. The summed E-state index contributed by atoms with van der Waals surface area (Å²) in [5, 5.41) is 0. The molecule has 1 aliphatic rings. The Hall–Kier alpha value is -0.480. The van der Waals surface area contributed by atoms with Crippen LogP contribution < -0.4 is 5.73 Å². The van der Waals surface area contributed by atoms with Gasteiger partial charge in [0.15, 0.2) is 0 Å². The van der Waals surface area contributed by atoms with Gasteiger partial charge in [0, 0.05) is 0 Å².